The molecule has 5 heteroatoms. The lowest BCUT2D eigenvalue weighted by molar-refractivity contribution is -0.128. The van der Waals surface area contributed by atoms with Crippen LogP contribution < -0.4 is 11.1 Å². The fourth-order valence-electron chi connectivity index (χ4n) is 1.72. The van der Waals surface area contributed by atoms with Gasteiger partial charge in [0.25, 0.3) is 0 Å². The summed E-state index contributed by atoms with van der Waals surface area (Å²) in [6, 6.07) is 0. The van der Waals surface area contributed by atoms with Crippen LogP contribution in [0, 0.1) is 0 Å². The molecular weight excluding hydrogens is 222 g/mol. The summed E-state index contributed by atoms with van der Waals surface area (Å²) in [5.41, 5.74) is 5.48. The summed E-state index contributed by atoms with van der Waals surface area (Å²) in [5, 5.41) is 3.79. The van der Waals surface area contributed by atoms with E-state index in [2.05, 4.69) is 12.2 Å². The molecule has 0 bridgehead atoms. The van der Waals surface area contributed by atoms with E-state index in [1.165, 1.54) is 0 Å². The van der Waals surface area contributed by atoms with Crippen molar-refractivity contribution in [2.24, 2.45) is 5.73 Å². The van der Waals surface area contributed by atoms with Gasteiger partial charge in [-0.2, -0.15) is 0 Å². The van der Waals surface area contributed by atoms with Crippen LogP contribution in [0.25, 0.3) is 0 Å². The molecule has 1 saturated heterocycles. The van der Waals surface area contributed by atoms with E-state index in [0.29, 0.717) is 17.5 Å². The molecule has 0 aromatic rings. The van der Waals surface area contributed by atoms with Gasteiger partial charge in [-0.05, 0) is 25.9 Å². The molecule has 0 spiro atoms. The van der Waals surface area contributed by atoms with Gasteiger partial charge < -0.3 is 16.0 Å². The second-order valence-electron chi connectivity index (χ2n) is 4.18. The van der Waals surface area contributed by atoms with E-state index >= 15 is 0 Å². The largest absolute Gasteiger partial charge is 0.341 e. The number of nitrogens with zero attached hydrogens (tertiary/aromatic N) is 1. The molecule has 0 aliphatic carbocycles. The minimum Gasteiger partial charge on any atom is -0.341 e. The van der Waals surface area contributed by atoms with Crippen molar-refractivity contribution in [1.29, 1.82) is 0 Å². The highest BCUT2D eigenvalue weighted by molar-refractivity contribution is 8.00. The highest BCUT2D eigenvalue weighted by Crippen LogP contribution is 2.14. The van der Waals surface area contributed by atoms with Crippen molar-refractivity contribution in [1.82, 2.24) is 10.2 Å². The number of hydrogen-bond donors (Lipinski definition) is 2. The molecule has 4 nitrogen and oxygen atoms in total. The Kier molecular flexibility index (Phi) is 6.84. The average molecular weight is 245 g/mol. The van der Waals surface area contributed by atoms with E-state index in [-0.39, 0.29) is 5.91 Å². The maximum absolute atomic E-state index is 11.9. The zero-order valence-corrected chi connectivity index (χ0v) is 10.9. The molecule has 16 heavy (non-hydrogen) atoms. The van der Waals surface area contributed by atoms with Crippen LogP contribution in [-0.2, 0) is 4.79 Å². The molecule has 3 N–H and O–H groups in total. The molecule has 0 aromatic heterocycles. The van der Waals surface area contributed by atoms with Gasteiger partial charge in [-0.1, -0.05) is 6.92 Å². The zero-order valence-electron chi connectivity index (χ0n) is 10.1. The normalized spacial score (nSPS) is 19.2. The molecule has 0 radical (unpaired) electrons. The summed E-state index contributed by atoms with van der Waals surface area (Å²) < 4.78 is 0. The van der Waals surface area contributed by atoms with Gasteiger partial charge in [-0.15, -0.1) is 11.8 Å². The fourth-order valence-corrected chi connectivity index (χ4v) is 2.63. The van der Waals surface area contributed by atoms with Crippen LogP contribution in [0.4, 0.5) is 0 Å². The smallest absolute Gasteiger partial charge is 0.232 e. The highest BCUT2D eigenvalue weighted by atomic mass is 32.2. The molecule has 1 atom stereocenters. The van der Waals surface area contributed by atoms with Crippen molar-refractivity contribution in [2.45, 2.75) is 25.0 Å². The van der Waals surface area contributed by atoms with Crippen molar-refractivity contribution < 1.29 is 4.79 Å². The molecular formula is C11H23N3OS. The monoisotopic (exact) mass is 245 g/mol. The lowest BCUT2D eigenvalue weighted by atomic mass is 10.3. The molecule has 1 rings (SSSR count). The van der Waals surface area contributed by atoms with Crippen molar-refractivity contribution in [3.63, 3.8) is 0 Å². The van der Waals surface area contributed by atoms with E-state index in [1.807, 2.05) is 4.90 Å². The van der Waals surface area contributed by atoms with Crippen LogP contribution in [0.2, 0.25) is 0 Å². The Morgan fingerprint density at radius 1 is 1.50 bits per heavy atom. The van der Waals surface area contributed by atoms with Gasteiger partial charge in [0, 0.05) is 24.9 Å². The van der Waals surface area contributed by atoms with Gasteiger partial charge in [-0.3, -0.25) is 4.79 Å². The predicted octanol–water partition coefficient (Wildman–Crippen LogP) is 0.279. The third kappa shape index (κ3) is 5.18. The lowest BCUT2D eigenvalue weighted by Gasteiger charge is -2.20. The quantitative estimate of drug-likeness (QED) is 0.730. The van der Waals surface area contributed by atoms with E-state index in [9.17, 15) is 4.79 Å². The van der Waals surface area contributed by atoms with Gasteiger partial charge in [0.05, 0.1) is 5.75 Å². The first-order valence-corrected chi connectivity index (χ1v) is 7.09. The van der Waals surface area contributed by atoms with E-state index in [4.69, 9.17) is 5.73 Å². The zero-order chi connectivity index (χ0) is 11.8. The number of carbonyl (C=O) groups is 1. The molecule has 1 amide bonds. The molecule has 1 heterocycles. The predicted molar refractivity (Wildman–Crippen MR) is 69.7 cm³/mol. The Bertz CT molecular complexity index is 205. The van der Waals surface area contributed by atoms with E-state index in [1.54, 1.807) is 11.8 Å². The summed E-state index contributed by atoms with van der Waals surface area (Å²) in [7, 11) is 0. The first-order chi connectivity index (χ1) is 7.74. The molecule has 0 aromatic carbocycles. The summed E-state index contributed by atoms with van der Waals surface area (Å²) in [5.74, 6) is 0.874. The van der Waals surface area contributed by atoms with Crippen LogP contribution in [0.15, 0.2) is 0 Å². The van der Waals surface area contributed by atoms with Gasteiger partial charge in [-0.25, -0.2) is 0 Å². The third-order valence-electron chi connectivity index (χ3n) is 2.76. The molecule has 94 valence electrons. The standard InChI is InChI=1S/C11H23N3OS/c1-10(3-4-12)16-9-11(15)14-7-2-5-13-6-8-14/h10,13H,2-9,12H2,1H3. The van der Waals surface area contributed by atoms with Crippen LogP contribution in [-0.4, -0.2) is 54.5 Å². The van der Waals surface area contributed by atoms with Gasteiger partial charge in [0.1, 0.15) is 0 Å². The summed E-state index contributed by atoms with van der Waals surface area (Å²) >= 11 is 1.72. The van der Waals surface area contributed by atoms with E-state index < -0.39 is 0 Å². The maximum Gasteiger partial charge on any atom is 0.232 e. The minimum atomic E-state index is 0.276. The van der Waals surface area contributed by atoms with Gasteiger partial charge >= 0.3 is 0 Å². The topological polar surface area (TPSA) is 58.4 Å². The Morgan fingerprint density at radius 2 is 2.31 bits per heavy atom. The van der Waals surface area contributed by atoms with E-state index in [0.717, 1.165) is 39.0 Å². The van der Waals surface area contributed by atoms with Crippen molar-refractivity contribution >= 4 is 17.7 Å². The van der Waals surface area contributed by atoms with Crippen LogP contribution in [0.3, 0.4) is 0 Å². The molecule has 1 aliphatic heterocycles. The first kappa shape index (κ1) is 13.8. The Balaban J connectivity index is 2.22. The maximum atomic E-state index is 11.9. The van der Waals surface area contributed by atoms with Crippen LogP contribution in [0.1, 0.15) is 19.8 Å². The number of hydrogen-bond acceptors (Lipinski definition) is 4. The number of rotatable bonds is 5. The van der Waals surface area contributed by atoms with Crippen molar-refractivity contribution in [2.75, 3.05) is 38.5 Å². The number of carbonyl (C=O) groups excluding carboxylic acids is 1. The van der Waals surface area contributed by atoms with Crippen LogP contribution >= 0.6 is 11.8 Å². The lowest BCUT2D eigenvalue weighted by Crippen LogP contribution is -2.35. The second kappa shape index (κ2) is 7.92. The SMILES string of the molecule is CC(CCN)SCC(=O)N1CCCNCC1. The summed E-state index contributed by atoms with van der Waals surface area (Å²) in [6.45, 7) is 6.54. The van der Waals surface area contributed by atoms with Crippen molar-refractivity contribution in [3.05, 3.63) is 0 Å². The Labute approximate surface area is 102 Å². The third-order valence-corrected chi connectivity index (χ3v) is 3.98. The summed E-state index contributed by atoms with van der Waals surface area (Å²) in [4.78, 5) is 13.9. The van der Waals surface area contributed by atoms with Crippen molar-refractivity contribution in [3.8, 4) is 0 Å². The Morgan fingerprint density at radius 3 is 3.06 bits per heavy atom. The molecule has 1 fully saturated rings. The van der Waals surface area contributed by atoms with Gasteiger partial charge in [0.15, 0.2) is 0 Å². The second-order valence-corrected chi connectivity index (χ2v) is 5.61. The molecule has 1 unspecified atom stereocenters. The highest BCUT2D eigenvalue weighted by Gasteiger charge is 2.15. The average Bonchev–Trinajstić information content (AvgIpc) is 2.55. The number of amides is 1. The molecule has 1 aliphatic rings. The first-order valence-electron chi connectivity index (χ1n) is 6.04. The minimum absolute atomic E-state index is 0.276. The number of nitrogens with two attached hydrogens (primary N) is 1. The summed E-state index contributed by atoms with van der Waals surface area (Å²) in [6.07, 6.45) is 2.05. The molecule has 0 saturated carbocycles. The number of nitrogens with one attached hydrogen (secondary N) is 1. The Hall–Kier alpha value is -0.260. The van der Waals surface area contributed by atoms with Crippen LogP contribution in [0.5, 0.6) is 0 Å². The fraction of sp³-hybridized carbons (Fsp3) is 0.909. The van der Waals surface area contributed by atoms with Gasteiger partial charge in [0.2, 0.25) is 5.91 Å². The number of thioether (sulfide) groups is 1.